The number of aryl methyl sites for hydroxylation is 1. The predicted octanol–water partition coefficient (Wildman–Crippen LogP) is 2.90. The van der Waals surface area contributed by atoms with Crippen LogP contribution in [-0.2, 0) is 11.3 Å². The molecule has 1 amide bonds. The van der Waals surface area contributed by atoms with E-state index in [1.807, 2.05) is 23.9 Å². The van der Waals surface area contributed by atoms with Crippen LogP contribution in [0.3, 0.4) is 0 Å². The first-order chi connectivity index (χ1) is 13.2. The molecular weight excluding hydrogens is 364 g/mol. The molecule has 0 aliphatic rings. The van der Waals surface area contributed by atoms with Crippen molar-refractivity contribution in [3.63, 3.8) is 0 Å². The highest BCUT2D eigenvalue weighted by atomic mass is 35.5. The Bertz CT molecular complexity index is 699. The quantitative estimate of drug-likeness (QED) is 0.331. The van der Waals surface area contributed by atoms with E-state index in [4.69, 9.17) is 11.6 Å². The minimum atomic E-state index is -0.0136. The van der Waals surface area contributed by atoms with Gasteiger partial charge in [-0.15, -0.1) is 0 Å². The van der Waals surface area contributed by atoms with Gasteiger partial charge < -0.3 is 16.0 Å². The van der Waals surface area contributed by atoms with Crippen LogP contribution in [0.5, 0.6) is 0 Å². The number of rotatable bonds is 10. The number of amides is 1. The average Bonchev–Trinajstić information content (AvgIpc) is 3.17. The monoisotopic (exact) mass is 390 g/mol. The smallest absolute Gasteiger partial charge is 0.224 e. The van der Waals surface area contributed by atoms with Crippen LogP contribution in [0.2, 0.25) is 5.02 Å². The highest BCUT2D eigenvalue weighted by molar-refractivity contribution is 6.30. The molecule has 0 saturated carbocycles. The van der Waals surface area contributed by atoms with E-state index in [2.05, 4.69) is 26.0 Å². The molecule has 0 atom stereocenters. The van der Waals surface area contributed by atoms with Crippen molar-refractivity contribution >= 4 is 29.2 Å². The van der Waals surface area contributed by atoms with Crippen molar-refractivity contribution in [1.29, 1.82) is 0 Å². The highest BCUT2D eigenvalue weighted by Gasteiger charge is 2.03. The molecule has 2 aromatic rings. The molecular formula is C19H27ClN6O. The lowest BCUT2D eigenvalue weighted by molar-refractivity contribution is -0.116. The standard InChI is InChI=1S/C19H27ClN6O/c1-2-21-19(23-12-4-14-26-15-5-13-24-26)22-11-3-6-18(27)25-17-9-7-16(20)8-10-17/h5,7-10,13,15H,2-4,6,11-12,14H2,1H3,(H,25,27)(H2,21,22,23). The van der Waals surface area contributed by atoms with Crippen LogP contribution >= 0.6 is 11.6 Å². The second-order valence-electron chi connectivity index (χ2n) is 5.97. The fourth-order valence-electron chi connectivity index (χ4n) is 2.41. The van der Waals surface area contributed by atoms with Gasteiger partial charge >= 0.3 is 0 Å². The average molecular weight is 391 g/mol. The number of carbonyl (C=O) groups is 1. The summed E-state index contributed by atoms with van der Waals surface area (Å²) in [6.45, 7) is 5.06. The molecule has 0 spiro atoms. The van der Waals surface area contributed by atoms with E-state index in [1.54, 1.807) is 30.5 Å². The predicted molar refractivity (Wildman–Crippen MR) is 110 cm³/mol. The normalized spacial score (nSPS) is 11.3. The van der Waals surface area contributed by atoms with Crippen LogP contribution in [0.1, 0.15) is 26.2 Å². The van der Waals surface area contributed by atoms with Crippen molar-refractivity contribution in [2.45, 2.75) is 32.7 Å². The SMILES string of the molecule is CCNC(=NCCCn1cccn1)NCCCC(=O)Nc1ccc(Cl)cc1. The molecule has 27 heavy (non-hydrogen) atoms. The molecule has 1 aromatic heterocycles. The van der Waals surface area contributed by atoms with Crippen molar-refractivity contribution in [1.82, 2.24) is 20.4 Å². The molecule has 2 rings (SSSR count). The first-order valence-corrected chi connectivity index (χ1v) is 9.60. The third kappa shape index (κ3) is 8.59. The Hall–Kier alpha value is -2.54. The van der Waals surface area contributed by atoms with E-state index in [0.29, 0.717) is 24.5 Å². The topological polar surface area (TPSA) is 83.3 Å². The number of halogens is 1. The molecule has 0 bridgehead atoms. The molecule has 0 radical (unpaired) electrons. The maximum atomic E-state index is 12.0. The van der Waals surface area contributed by atoms with E-state index >= 15 is 0 Å². The van der Waals surface area contributed by atoms with Gasteiger partial charge in [-0.2, -0.15) is 5.10 Å². The fraction of sp³-hybridized carbons (Fsp3) is 0.421. The molecule has 0 aliphatic heterocycles. The van der Waals surface area contributed by atoms with Crippen LogP contribution in [0, 0.1) is 0 Å². The van der Waals surface area contributed by atoms with Crippen molar-refractivity contribution in [3.8, 4) is 0 Å². The summed E-state index contributed by atoms with van der Waals surface area (Å²) in [5.74, 6) is 0.761. The summed E-state index contributed by atoms with van der Waals surface area (Å²) >= 11 is 5.83. The largest absolute Gasteiger partial charge is 0.357 e. The van der Waals surface area contributed by atoms with Gasteiger partial charge in [0.2, 0.25) is 5.91 Å². The minimum Gasteiger partial charge on any atom is -0.357 e. The lowest BCUT2D eigenvalue weighted by atomic mass is 10.2. The molecule has 0 saturated heterocycles. The summed E-state index contributed by atoms with van der Waals surface area (Å²) in [7, 11) is 0. The van der Waals surface area contributed by atoms with Gasteiger partial charge in [0.1, 0.15) is 0 Å². The van der Waals surface area contributed by atoms with E-state index in [-0.39, 0.29) is 5.91 Å². The van der Waals surface area contributed by atoms with Gasteiger partial charge in [-0.3, -0.25) is 14.5 Å². The van der Waals surface area contributed by atoms with E-state index < -0.39 is 0 Å². The second kappa shape index (κ2) is 12.0. The molecule has 0 fully saturated rings. The van der Waals surface area contributed by atoms with Crippen molar-refractivity contribution in [3.05, 3.63) is 47.7 Å². The maximum absolute atomic E-state index is 12.0. The van der Waals surface area contributed by atoms with Gasteiger partial charge in [0, 0.05) is 55.7 Å². The number of aromatic nitrogens is 2. The zero-order valence-electron chi connectivity index (χ0n) is 15.6. The molecule has 8 heteroatoms. The Morgan fingerprint density at radius 1 is 1.22 bits per heavy atom. The van der Waals surface area contributed by atoms with E-state index in [9.17, 15) is 4.79 Å². The van der Waals surface area contributed by atoms with Gasteiger partial charge in [0.25, 0.3) is 0 Å². The Morgan fingerprint density at radius 2 is 2.04 bits per heavy atom. The van der Waals surface area contributed by atoms with Crippen LogP contribution in [0.15, 0.2) is 47.7 Å². The van der Waals surface area contributed by atoms with Crippen molar-refractivity contribution in [2.24, 2.45) is 4.99 Å². The first-order valence-electron chi connectivity index (χ1n) is 9.22. The number of nitrogens with one attached hydrogen (secondary N) is 3. The lowest BCUT2D eigenvalue weighted by Gasteiger charge is -2.11. The number of aliphatic imine (C=N–C) groups is 1. The molecule has 0 unspecified atom stereocenters. The Labute approximate surface area is 165 Å². The number of guanidine groups is 1. The van der Waals surface area contributed by atoms with Crippen molar-refractivity contribution in [2.75, 3.05) is 25.0 Å². The summed E-state index contributed by atoms with van der Waals surface area (Å²) in [4.78, 5) is 16.5. The van der Waals surface area contributed by atoms with Gasteiger partial charge in [0.05, 0.1) is 0 Å². The Kier molecular flexibility index (Phi) is 9.20. The first kappa shape index (κ1) is 20.8. The Morgan fingerprint density at radius 3 is 2.74 bits per heavy atom. The van der Waals surface area contributed by atoms with Gasteiger partial charge in [-0.1, -0.05) is 11.6 Å². The summed E-state index contributed by atoms with van der Waals surface area (Å²) < 4.78 is 1.90. The summed E-state index contributed by atoms with van der Waals surface area (Å²) in [5.41, 5.74) is 0.754. The van der Waals surface area contributed by atoms with E-state index in [1.165, 1.54) is 0 Å². The molecule has 0 aliphatic carbocycles. The zero-order valence-corrected chi connectivity index (χ0v) is 16.4. The highest BCUT2D eigenvalue weighted by Crippen LogP contribution is 2.13. The molecule has 1 heterocycles. The Balaban J connectivity index is 1.63. The summed E-state index contributed by atoms with van der Waals surface area (Å²) in [6.07, 6.45) is 5.80. The summed E-state index contributed by atoms with van der Waals surface area (Å²) in [6, 6.07) is 9.00. The zero-order chi connectivity index (χ0) is 19.3. The molecule has 146 valence electrons. The molecule has 7 nitrogen and oxygen atoms in total. The lowest BCUT2D eigenvalue weighted by Crippen LogP contribution is -2.38. The number of carbonyl (C=O) groups excluding carboxylic acids is 1. The number of anilines is 1. The number of nitrogens with zero attached hydrogens (tertiary/aromatic N) is 3. The van der Waals surface area contributed by atoms with Crippen LogP contribution < -0.4 is 16.0 Å². The van der Waals surface area contributed by atoms with Gasteiger partial charge in [-0.25, -0.2) is 0 Å². The van der Waals surface area contributed by atoms with Crippen LogP contribution in [0.25, 0.3) is 0 Å². The molecule has 1 aromatic carbocycles. The minimum absolute atomic E-state index is 0.0136. The van der Waals surface area contributed by atoms with Crippen LogP contribution in [0.4, 0.5) is 5.69 Å². The molecule has 3 N–H and O–H groups in total. The number of hydrogen-bond acceptors (Lipinski definition) is 3. The third-order valence-electron chi connectivity index (χ3n) is 3.72. The second-order valence-corrected chi connectivity index (χ2v) is 6.41. The van der Waals surface area contributed by atoms with Crippen LogP contribution in [-0.4, -0.2) is 41.3 Å². The van der Waals surface area contributed by atoms with Gasteiger partial charge in [0.15, 0.2) is 5.96 Å². The van der Waals surface area contributed by atoms with Crippen molar-refractivity contribution < 1.29 is 4.79 Å². The fourth-order valence-corrected chi connectivity index (χ4v) is 2.54. The van der Waals surface area contributed by atoms with Gasteiger partial charge in [-0.05, 0) is 50.1 Å². The van der Waals surface area contributed by atoms with E-state index in [0.717, 1.165) is 37.6 Å². The summed E-state index contributed by atoms with van der Waals surface area (Å²) in [5, 5.41) is 14.2. The number of benzene rings is 1. The maximum Gasteiger partial charge on any atom is 0.224 e. The third-order valence-corrected chi connectivity index (χ3v) is 3.97. The number of hydrogen-bond donors (Lipinski definition) is 3.